The predicted octanol–water partition coefficient (Wildman–Crippen LogP) is 0.888. The van der Waals surface area contributed by atoms with Gasteiger partial charge in [0.05, 0.1) is 0 Å². The monoisotopic (exact) mass is 172 g/mol. The van der Waals surface area contributed by atoms with Crippen LogP contribution in [0.25, 0.3) is 0 Å². The molecule has 0 aromatic carbocycles. The predicted molar refractivity (Wildman–Crippen MR) is 50.8 cm³/mol. The van der Waals surface area contributed by atoms with Crippen LogP contribution >= 0.6 is 0 Å². The molecule has 0 radical (unpaired) electrons. The molecule has 72 valence electrons. The van der Waals surface area contributed by atoms with Crippen LogP contribution in [0.1, 0.15) is 33.6 Å². The molecule has 0 spiro atoms. The van der Waals surface area contributed by atoms with Gasteiger partial charge in [0.15, 0.2) is 0 Å². The maximum Gasteiger partial charge on any atom is 0.220 e. The van der Waals surface area contributed by atoms with Crippen molar-refractivity contribution in [3.8, 4) is 0 Å². The maximum absolute atomic E-state index is 11.2. The fourth-order valence-electron chi connectivity index (χ4n) is 0.874. The van der Waals surface area contributed by atoms with Crippen LogP contribution in [0.15, 0.2) is 0 Å². The molecule has 12 heavy (non-hydrogen) atoms. The van der Waals surface area contributed by atoms with Gasteiger partial charge in [-0.3, -0.25) is 4.79 Å². The summed E-state index contributed by atoms with van der Waals surface area (Å²) in [7, 11) is 0. The molecule has 0 aliphatic rings. The van der Waals surface area contributed by atoms with E-state index in [1.54, 1.807) is 0 Å². The zero-order chi connectivity index (χ0) is 9.61. The summed E-state index contributed by atoms with van der Waals surface area (Å²) in [6.45, 7) is 7.49. The summed E-state index contributed by atoms with van der Waals surface area (Å²) in [6.07, 6.45) is 1.44. The molecule has 1 amide bonds. The first-order valence-corrected chi connectivity index (χ1v) is 4.42. The summed E-state index contributed by atoms with van der Waals surface area (Å²) in [6, 6.07) is 0. The molecule has 0 unspecified atom stereocenters. The first kappa shape index (κ1) is 11.4. The largest absolute Gasteiger partial charge is 0.356 e. The fourth-order valence-corrected chi connectivity index (χ4v) is 0.874. The van der Waals surface area contributed by atoms with Crippen molar-refractivity contribution in [2.75, 3.05) is 13.1 Å². The molecule has 0 aromatic rings. The summed E-state index contributed by atoms with van der Waals surface area (Å²) in [5.74, 6) is 0.121. The molecular formula is C9H20N2O. The number of nitrogens with one attached hydrogen (secondary N) is 1. The molecule has 0 atom stereocenters. The van der Waals surface area contributed by atoms with Crippen molar-refractivity contribution < 1.29 is 4.79 Å². The van der Waals surface area contributed by atoms with E-state index >= 15 is 0 Å². The summed E-state index contributed by atoms with van der Waals surface area (Å²) >= 11 is 0. The van der Waals surface area contributed by atoms with Crippen LogP contribution in [-0.4, -0.2) is 19.0 Å². The highest BCUT2D eigenvalue weighted by molar-refractivity contribution is 5.76. The van der Waals surface area contributed by atoms with Gasteiger partial charge in [0.25, 0.3) is 0 Å². The van der Waals surface area contributed by atoms with E-state index in [4.69, 9.17) is 5.73 Å². The lowest BCUT2D eigenvalue weighted by Crippen LogP contribution is -2.29. The molecule has 0 aliphatic heterocycles. The maximum atomic E-state index is 11.2. The van der Waals surface area contributed by atoms with E-state index in [1.807, 2.05) is 0 Å². The third-order valence-electron chi connectivity index (χ3n) is 1.39. The van der Waals surface area contributed by atoms with Gasteiger partial charge in [-0.05, 0) is 18.4 Å². The fraction of sp³-hybridized carbons (Fsp3) is 0.889. The molecular weight excluding hydrogens is 152 g/mol. The van der Waals surface area contributed by atoms with Crippen molar-refractivity contribution in [3.05, 3.63) is 0 Å². The number of amides is 1. The molecule has 0 saturated heterocycles. The zero-order valence-electron chi connectivity index (χ0n) is 8.31. The first-order valence-electron chi connectivity index (χ1n) is 4.42. The van der Waals surface area contributed by atoms with Crippen LogP contribution < -0.4 is 11.1 Å². The van der Waals surface area contributed by atoms with Gasteiger partial charge in [-0.1, -0.05) is 20.8 Å². The van der Waals surface area contributed by atoms with Crippen LogP contribution in [0.3, 0.4) is 0 Å². The standard InChI is InChI=1S/C9H20N2O/c1-9(2,3)7-8(12)11-6-4-5-10/h4-7,10H2,1-3H3,(H,11,12). The van der Waals surface area contributed by atoms with Crippen molar-refractivity contribution in [1.82, 2.24) is 5.32 Å². The van der Waals surface area contributed by atoms with Crippen molar-refractivity contribution in [2.45, 2.75) is 33.6 Å². The number of rotatable bonds is 4. The minimum Gasteiger partial charge on any atom is -0.356 e. The van der Waals surface area contributed by atoms with Crippen molar-refractivity contribution >= 4 is 5.91 Å². The van der Waals surface area contributed by atoms with Crippen LogP contribution in [0.2, 0.25) is 0 Å². The topological polar surface area (TPSA) is 55.1 Å². The summed E-state index contributed by atoms with van der Waals surface area (Å²) in [5.41, 5.74) is 5.37. The van der Waals surface area contributed by atoms with E-state index in [1.165, 1.54) is 0 Å². The van der Waals surface area contributed by atoms with E-state index < -0.39 is 0 Å². The lowest BCUT2D eigenvalue weighted by molar-refractivity contribution is -0.122. The second-order valence-electron chi connectivity index (χ2n) is 4.23. The number of hydrogen-bond donors (Lipinski definition) is 2. The van der Waals surface area contributed by atoms with Crippen LogP contribution in [0.5, 0.6) is 0 Å². The van der Waals surface area contributed by atoms with Crippen LogP contribution in [-0.2, 0) is 4.79 Å². The molecule has 0 aliphatic carbocycles. The lowest BCUT2D eigenvalue weighted by Gasteiger charge is -2.16. The second kappa shape index (κ2) is 5.14. The lowest BCUT2D eigenvalue weighted by atomic mass is 9.92. The number of carbonyl (C=O) groups excluding carboxylic acids is 1. The Bertz CT molecular complexity index is 138. The zero-order valence-corrected chi connectivity index (χ0v) is 8.31. The molecule has 0 fully saturated rings. The molecule has 0 saturated carbocycles. The van der Waals surface area contributed by atoms with Crippen molar-refractivity contribution in [1.29, 1.82) is 0 Å². The second-order valence-corrected chi connectivity index (χ2v) is 4.23. The van der Waals surface area contributed by atoms with E-state index in [0.717, 1.165) is 6.42 Å². The van der Waals surface area contributed by atoms with Crippen molar-refractivity contribution in [3.63, 3.8) is 0 Å². The molecule has 0 aromatic heterocycles. The molecule has 3 heteroatoms. The Morgan fingerprint density at radius 3 is 2.42 bits per heavy atom. The normalized spacial score (nSPS) is 11.3. The molecule has 0 rings (SSSR count). The smallest absolute Gasteiger partial charge is 0.220 e. The van der Waals surface area contributed by atoms with Gasteiger partial charge in [-0.2, -0.15) is 0 Å². The Hall–Kier alpha value is -0.570. The van der Waals surface area contributed by atoms with E-state index in [2.05, 4.69) is 26.1 Å². The van der Waals surface area contributed by atoms with Gasteiger partial charge in [0.1, 0.15) is 0 Å². The Labute approximate surface area is 74.7 Å². The van der Waals surface area contributed by atoms with Gasteiger partial charge >= 0.3 is 0 Å². The van der Waals surface area contributed by atoms with Crippen LogP contribution in [0.4, 0.5) is 0 Å². The highest BCUT2D eigenvalue weighted by Crippen LogP contribution is 2.17. The molecule has 0 bridgehead atoms. The summed E-state index contributed by atoms with van der Waals surface area (Å²) in [5, 5.41) is 2.82. The number of carbonyl (C=O) groups is 1. The SMILES string of the molecule is CC(C)(C)CC(=O)NCCCN. The average molecular weight is 172 g/mol. The Morgan fingerprint density at radius 1 is 1.42 bits per heavy atom. The van der Waals surface area contributed by atoms with Crippen molar-refractivity contribution in [2.24, 2.45) is 11.1 Å². The van der Waals surface area contributed by atoms with Gasteiger partial charge in [0, 0.05) is 13.0 Å². The van der Waals surface area contributed by atoms with E-state index in [0.29, 0.717) is 19.5 Å². The average Bonchev–Trinajstić information content (AvgIpc) is 1.84. The third-order valence-corrected chi connectivity index (χ3v) is 1.39. The van der Waals surface area contributed by atoms with Gasteiger partial charge in [-0.25, -0.2) is 0 Å². The van der Waals surface area contributed by atoms with E-state index in [-0.39, 0.29) is 11.3 Å². The summed E-state index contributed by atoms with van der Waals surface area (Å²) < 4.78 is 0. The van der Waals surface area contributed by atoms with Gasteiger partial charge in [-0.15, -0.1) is 0 Å². The number of hydrogen-bond acceptors (Lipinski definition) is 2. The minimum absolute atomic E-state index is 0.0762. The Morgan fingerprint density at radius 2 is 2.00 bits per heavy atom. The minimum atomic E-state index is 0.0762. The Kier molecular flexibility index (Phi) is 4.90. The molecule has 0 heterocycles. The summed E-state index contributed by atoms with van der Waals surface area (Å²) in [4.78, 5) is 11.2. The Balaban J connectivity index is 3.47. The molecule has 3 nitrogen and oxygen atoms in total. The highest BCUT2D eigenvalue weighted by Gasteiger charge is 2.14. The third kappa shape index (κ3) is 7.54. The quantitative estimate of drug-likeness (QED) is 0.619. The number of nitrogens with two attached hydrogens (primary N) is 1. The van der Waals surface area contributed by atoms with Gasteiger partial charge in [0.2, 0.25) is 5.91 Å². The first-order chi connectivity index (χ1) is 5.45. The molecule has 3 N–H and O–H groups in total. The van der Waals surface area contributed by atoms with E-state index in [9.17, 15) is 4.79 Å². The van der Waals surface area contributed by atoms with Crippen LogP contribution in [0, 0.1) is 5.41 Å². The highest BCUT2D eigenvalue weighted by atomic mass is 16.1. The van der Waals surface area contributed by atoms with Gasteiger partial charge < -0.3 is 11.1 Å².